The van der Waals surface area contributed by atoms with E-state index >= 15 is 0 Å². The number of benzene rings is 1. The summed E-state index contributed by atoms with van der Waals surface area (Å²) < 4.78 is 23.6. The number of rotatable bonds is 11. The third-order valence-corrected chi connectivity index (χ3v) is 5.34. The Kier molecular flexibility index (Phi) is 9.45. The minimum Gasteiger partial charge on any atom is -0.378 e. The normalized spacial score (nSPS) is 15.0. The summed E-state index contributed by atoms with van der Waals surface area (Å²) in [4.78, 5) is 0.313. The highest BCUT2D eigenvalue weighted by molar-refractivity contribution is 7.90. The summed E-state index contributed by atoms with van der Waals surface area (Å²) in [6.45, 7) is 9.62. The highest BCUT2D eigenvalue weighted by Crippen LogP contribution is 2.19. The van der Waals surface area contributed by atoms with Crippen LogP contribution in [0.3, 0.4) is 0 Å². The first-order valence-corrected chi connectivity index (χ1v) is 11.1. The molecule has 2 unspecified atom stereocenters. The molecule has 2 N–H and O–H groups in total. The van der Waals surface area contributed by atoms with Crippen LogP contribution in [0.25, 0.3) is 0 Å². The zero-order chi connectivity index (χ0) is 20.4. The first-order chi connectivity index (χ1) is 12.7. The van der Waals surface area contributed by atoms with Gasteiger partial charge in [-0.05, 0) is 51.9 Å². The number of allylic oxidation sites excluding steroid dienone is 1. The van der Waals surface area contributed by atoms with E-state index in [1.54, 1.807) is 18.2 Å². The van der Waals surface area contributed by atoms with Crippen molar-refractivity contribution < 1.29 is 8.42 Å². The van der Waals surface area contributed by atoms with Crippen molar-refractivity contribution in [2.45, 2.75) is 51.2 Å². The summed E-state index contributed by atoms with van der Waals surface area (Å²) in [5.74, 6) is 0. The van der Waals surface area contributed by atoms with Crippen LogP contribution in [0.15, 0.2) is 51.1 Å². The predicted molar refractivity (Wildman–Crippen MR) is 112 cm³/mol. The second kappa shape index (κ2) is 11.0. The molecule has 8 heteroatoms. The third-order valence-electron chi connectivity index (χ3n) is 4.23. The van der Waals surface area contributed by atoms with Gasteiger partial charge in [0.1, 0.15) is 6.17 Å². The maximum Gasteiger partial charge on any atom is 0.175 e. The van der Waals surface area contributed by atoms with Crippen molar-refractivity contribution >= 4 is 15.5 Å². The average molecular weight is 396 g/mol. The van der Waals surface area contributed by atoms with Crippen LogP contribution in [0, 0.1) is 0 Å². The van der Waals surface area contributed by atoms with Crippen LogP contribution in [0.4, 0.5) is 5.69 Å². The fourth-order valence-corrected chi connectivity index (χ4v) is 3.16. The summed E-state index contributed by atoms with van der Waals surface area (Å²) >= 11 is 0. The minimum absolute atomic E-state index is 0.0117. The summed E-state index contributed by atoms with van der Waals surface area (Å²) in [5.41, 5.74) is 1.97. The summed E-state index contributed by atoms with van der Waals surface area (Å²) in [7, 11) is -1.33. The van der Waals surface area contributed by atoms with Crippen LogP contribution in [0.2, 0.25) is 0 Å². The average Bonchev–Trinajstić information content (AvgIpc) is 2.62. The van der Waals surface area contributed by atoms with Crippen LogP contribution in [0.1, 0.15) is 34.1 Å². The van der Waals surface area contributed by atoms with Crippen molar-refractivity contribution in [1.29, 1.82) is 0 Å². The van der Waals surface area contributed by atoms with Gasteiger partial charge in [0.2, 0.25) is 0 Å². The smallest absolute Gasteiger partial charge is 0.175 e. The molecule has 0 amide bonds. The molecule has 1 rings (SSSR count). The van der Waals surface area contributed by atoms with E-state index in [-0.39, 0.29) is 12.2 Å². The van der Waals surface area contributed by atoms with Crippen molar-refractivity contribution in [3.63, 3.8) is 0 Å². The van der Waals surface area contributed by atoms with Crippen LogP contribution in [0.5, 0.6) is 0 Å². The van der Waals surface area contributed by atoms with Crippen molar-refractivity contribution in [3.05, 3.63) is 35.9 Å². The maximum absolute atomic E-state index is 11.8. The van der Waals surface area contributed by atoms with Crippen molar-refractivity contribution in [3.8, 4) is 0 Å². The first kappa shape index (κ1) is 23.1. The summed E-state index contributed by atoms with van der Waals surface area (Å²) in [6.07, 6.45) is 4.08. The van der Waals surface area contributed by atoms with Gasteiger partial charge in [-0.25, -0.2) is 8.42 Å². The van der Waals surface area contributed by atoms with E-state index < -0.39 is 9.84 Å². The number of hydrogen-bond donors (Lipinski definition) is 2. The molecule has 152 valence electrons. The lowest BCUT2D eigenvalue weighted by molar-refractivity contribution is 0.306. The van der Waals surface area contributed by atoms with Gasteiger partial charge in [-0.2, -0.15) is 5.11 Å². The Labute approximate surface area is 163 Å². The molecule has 0 spiro atoms. The van der Waals surface area contributed by atoms with E-state index in [2.05, 4.69) is 34.0 Å². The quantitative estimate of drug-likeness (QED) is 0.340. The highest BCUT2D eigenvalue weighted by atomic mass is 32.2. The fraction of sp³-hybridized carbons (Fsp3) is 0.579. The highest BCUT2D eigenvalue weighted by Gasteiger charge is 2.13. The molecule has 2 atom stereocenters. The number of sulfone groups is 1. The van der Waals surface area contributed by atoms with Gasteiger partial charge in [-0.3, -0.25) is 10.3 Å². The predicted octanol–water partition coefficient (Wildman–Crippen LogP) is 3.48. The van der Waals surface area contributed by atoms with Gasteiger partial charge in [0.15, 0.2) is 9.84 Å². The van der Waals surface area contributed by atoms with Crippen molar-refractivity contribution in [2.24, 2.45) is 10.3 Å². The van der Waals surface area contributed by atoms with Gasteiger partial charge in [0.05, 0.1) is 4.90 Å². The van der Waals surface area contributed by atoms with Gasteiger partial charge < -0.3 is 5.32 Å². The second-order valence-corrected chi connectivity index (χ2v) is 8.65. The Bertz CT molecular complexity index is 746. The van der Waals surface area contributed by atoms with E-state index in [1.165, 1.54) is 11.8 Å². The molecular formula is C19H33N5O2S. The molecule has 0 heterocycles. The largest absolute Gasteiger partial charge is 0.378 e. The molecule has 0 fully saturated rings. The topological polar surface area (TPSA) is 86.2 Å². The third kappa shape index (κ3) is 8.53. The Morgan fingerprint density at radius 1 is 1.37 bits per heavy atom. The Balaban J connectivity index is 2.78. The van der Waals surface area contributed by atoms with E-state index in [0.29, 0.717) is 4.90 Å². The molecule has 0 aromatic heterocycles. The second-order valence-electron chi connectivity index (χ2n) is 6.64. The zero-order valence-corrected chi connectivity index (χ0v) is 18.0. The molecule has 1 aromatic carbocycles. The van der Waals surface area contributed by atoms with Gasteiger partial charge >= 0.3 is 0 Å². The summed E-state index contributed by atoms with van der Waals surface area (Å²) in [6, 6.07) is 6.99. The van der Waals surface area contributed by atoms with Gasteiger partial charge in [-0.15, -0.1) is 0 Å². The van der Waals surface area contributed by atoms with Crippen LogP contribution >= 0.6 is 0 Å². The number of nitrogens with one attached hydrogen (secondary N) is 2. The molecule has 0 saturated heterocycles. The number of anilines is 1. The maximum atomic E-state index is 11.8. The van der Waals surface area contributed by atoms with Crippen LogP contribution < -0.4 is 10.6 Å². The minimum atomic E-state index is -3.23. The lowest BCUT2D eigenvalue weighted by atomic mass is 10.0. The molecular weight excluding hydrogens is 362 g/mol. The first-order valence-electron chi connectivity index (χ1n) is 9.22. The monoisotopic (exact) mass is 395 g/mol. The van der Waals surface area contributed by atoms with E-state index in [4.69, 9.17) is 0 Å². The van der Waals surface area contributed by atoms with Gasteiger partial charge in [0, 0.05) is 31.6 Å². The van der Waals surface area contributed by atoms with E-state index in [1.807, 2.05) is 38.9 Å². The Morgan fingerprint density at radius 2 is 2.07 bits per heavy atom. The summed E-state index contributed by atoms with van der Waals surface area (Å²) in [5, 5.41) is 16.9. The van der Waals surface area contributed by atoms with Gasteiger partial charge in [0.25, 0.3) is 0 Å². The van der Waals surface area contributed by atoms with Crippen LogP contribution in [-0.4, -0.2) is 52.0 Å². The number of nitrogens with zero attached hydrogens (tertiary/aromatic N) is 3. The standard InChI is InChI=1S/C19H33N5O2S/c1-7-15(3)19(12-13-24(5)23-22-16(4)20-8-2)21-17-10-9-11-18(14-17)27(6,25)26/h7,9-11,14,16,19-21H,8,12-13H2,1-6H3/b15-7+,23-22-. The van der Waals surface area contributed by atoms with Crippen molar-refractivity contribution in [2.75, 3.05) is 31.7 Å². The molecule has 0 aliphatic carbocycles. The number of hydrogen-bond acceptors (Lipinski definition) is 6. The Hall–Kier alpha value is -1.93. The fourth-order valence-electron chi connectivity index (χ4n) is 2.50. The molecule has 27 heavy (non-hydrogen) atoms. The van der Waals surface area contributed by atoms with Gasteiger partial charge in [-0.1, -0.05) is 29.9 Å². The molecule has 1 aromatic rings. The van der Waals surface area contributed by atoms with Crippen LogP contribution in [-0.2, 0) is 9.84 Å². The van der Waals surface area contributed by atoms with E-state index in [9.17, 15) is 8.42 Å². The van der Waals surface area contributed by atoms with E-state index in [0.717, 1.165) is 25.2 Å². The molecule has 0 bridgehead atoms. The lowest BCUT2D eigenvalue weighted by Gasteiger charge is -2.23. The molecule has 0 aliphatic rings. The molecule has 0 radical (unpaired) electrons. The molecule has 0 aliphatic heterocycles. The zero-order valence-electron chi connectivity index (χ0n) is 17.2. The molecule has 0 saturated carbocycles. The SMILES string of the molecule is C/C=C(\C)C(CCN(C)/N=N\C(C)NCC)Nc1cccc(S(C)(=O)=O)c1. The Morgan fingerprint density at radius 3 is 2.67 bits per heavy atom. The molecule has 7 nitrogen and oxygen atoms in total. The lowest BCUT2D eigenvalue weighted by Crippen LogP contribution is -2.27. The van der Waals surface area contributed by atoms with Crippen molar-refractivity contribution in [1.82, 2.24) is 10.3 Å².